The van der Waals surface area contributed by atoms with Gasteiger partial charge in [0.15, 0.2) is 6.17 Å². The summed E-state index contributed by atoms with van der Waals surface area (Å²) in [6.07, 6.45) is -0.708. The minimum absolute atomic E-state index is 0.000155. The molecule has 2 aliphatic heterocycles. The fraction of sp³-hybridized carbons (Fsp3) is 0.727. The second kappa shape index (κ2) is 4.66. The summed E-state index contributed by atoms with van der Waals surface area (Å²) in [7, 11) is 3.20. The Hall–Kier alpha value is -1.47. The highest BCUT2D eigenvalue weighted by molar-refractivity contribution is 6.00. The second-order valence-electron chi connectivity index (χ2n) is 4.80. The number of carbonyl (C=O) groups is 3. The Morgan fingerprint density at radius 3 is 2.50 bits per heavy atom. The highest BCUT2D eigenvalue weighted by Gasteiger charge is 2.41. The minimum atomic E-state index is -0.708. The predicted molar refractivity (Wildman–Crippen MR) is 62.4 cm³/mol. The SMILES string of the molecule is CC1CN(C)C(=O)CN1C1[N]CC(=O)N(C)C1=O. The predicted octanol–water partition coefficient (Wildman–Crippen LogP) is -1.92. The quantitative estimate of drug-likeness (QED) is 0.510. The number of amides is 3. The lowest BCUT2D eigenvalue weighted by atomic mass is 10.1. The molecule has 0 bridgehead atoms. The Morgan fingerprint density at radius 1 is 1.17 bits per heavy atom. The van der Waals surface area contributed by atoms with Crippen molar-refractivity contribution in [2.75, 3.05) is 33.7 Å². The lowest BCUT2D eigenvalue weighted by Gasteiger charge is -2.43. The van der Waals surface area contributed by atoms with Crippen molar-refractivity contribution < 1.29 is 14.4 Å². The molecule has 0 aromatic rings. The lowest BCUT2D eigenvalue weighted by Crippen LogP contribution is -2.66. The van der Waals surface area contributed by atoms with Gasteiger partial charge < -0.3 is 4.90 Å². The van der Waals surface area contributed by atoms with Gasteiger partial charge in [-0.3, -0.25) is 24.2 Å². The first-order valence-electron chi connectivity index (χ1n) is 5.88. The van der Waals surface area contributed by atoms with Gasteiger partial charge in [0.2, 0.25) is 11.8 Å². The van der Waals surface area contributed by atoms with Crippen LogP contribution in [-0.4, -0.2) is 78.4 Å². The summed E-state index contributed by atoms with van der Waals surface area (Å²) in [5, 5.41) is 4.09. The zero-order valence-corrected chi connectivity index (χ0v) is 10.8. The number of likely N-dealkylation sites (N-methyl/N-ethyl adjacent to an activating group) is 2. The molecule has 1 radical (unpaired) electrons. The van der Waals surface area contributed by atoms with Gasteiger partial charge in [-0.1, -0.05) is 0 Å². The van der Waals surface area contributed by atoms with E-state index in [1.54, 1.807) is 16.8 Å². The van der Waals surface area contributed by atoms with Gasteiger partial charge >= 0.3 is 0 Å². The highest BCUT2D eigenvalue weighted by atomic mass is 16.2. The molecule has 2 saturated heterocycles. The summed E-state index contributed by atoms with van der Waals surface area (Å²) in [6.45, 7) is 2.68. The fourth-order valence-corrected chi connectivity index (χ4v) is 2.25. The number of rotatable bonds is 1. The van der Waals surface area contributed by atoms with Gasteiger partial charge in [0, 0.05) is 26.7 Å². The highest BCUT2D eigenvalue weighted by Crippen LogP contribution is 2.15. The van der Waals surface area contributed by atoms with E-state index in [4.69, 9.17) is 0 Å². The van der Waals surface area contributed by atoms with Gasteiger partial charge in [-0.15, -0.1) is 0 Å². The molecule has 3 amide bonds. The Bertz CT molecular complexity index is 398. The Morgan fingerprint density at radius 2 is 1.83 bits per heavy atom. The van der Waals surface area contributed by atoms with Crippen molar-refractivity contribution in [3.8, 4) is 0 Å². The molecule has 7 heteroatoms. The first kappa shape index (κ1) is 13.0. The molecule has 2 rings (SSSR count). The van der Waals surface area contributed by atoms with Gasteiger partial charge in [-0.25, -0.2) is 5.32 Å². The molecule has 0 aromatic carbocycles. The largest absolute Gasteiger partial charge is 0.343 e. The minimum Gasteiger partial charge on any atom is -0.343 e. The number of hydrogen-bond acceptors (Lipinski definition) is 4. The maximum Gasteiger partial charge on any atom is 0.262 e. The third kappa shape index (κ3) is 2.11. The van der Waals surface area contributed by atoms with Crippen LogP contribution in [-0.2, 0) is 14.4 Å². The van der Waals surface area contributed by atoms with E-state index >= 15 is 0 Å². The number of imide groups is 1. The molecule has 0 N–H and O–H groups in total. The molecule has 2 heterocycles. The molecular weight excluding hydrogens is 236 g/mol. The first-order valence-corrected chi connectivity index (χ1v) is 5.88. The Labute approximate surface area is 106 Å². The molecule has 2 aliphatic rings. The van der Waals surface area contributed by atoms with Crippen LogP contribution in [0.15, 0.2) is 0 Å². The van der Waals surface area contributed by atoms with Gasteiger partial charge in [0.25, 0.3) is 5.91 Å². The standard InChI is InChI=1S/C11H17N4O3/c1-7-5-13(2)9(17)6-15(7)10-11(18)14(3)8(16)4-12-10/h7,10H,4-6H2,1-3H3. The molecule has 0 spiro atoms. The summed E-state index contributed by atoms with van der Waals surface area (Å²) < 4.78 is 0. The smallest absolute Gasteiger partial charge is 0.262 e. The number of hydrogen-bond donors (Lipinski definition) is 0. The van der Waals surface area contributed by atoms with E-state index in [0.717, 1.165) is 4.90 Å². The molecule has 7 nitrogen and oxygen atoms in total. The zero-order chi connectivity index (χ0) is 13.4. The molecule has 2 fully saturated rings. The maximum absolute atomic E-state index is 12.0. The molecule has 18 heavy (non-hydrogen) atoms. The van der Waals surface area contributed by atoms with Gasteiger partial charge in [0.05, 0.1) is 13.1 Å². The topological polar surface area (TPSA) is 75.0 Å². The van der Waals surface area contributed by atoms with Crippen molar-refractivity contribution in [2.24, 2.45) is 0 Å². The van der Waals surface area contributed by atoms with Crippen molar-refractivity contribution >= 4 is 17.7 Å². The average Bonchev–Trinajstić information content (AvgIpc) is 2.32. The number of nitrogens with zero attached hydrogens (tertiary/aromatic N) is 4. The second-order valence-corrected chi connectivity index (χ2v) is 4.80. The van der Waals surface area contributed by atoms with Gasteiger partial charge in [0.1, 0.15) is 0 Å². The molecule has 0 aromatic heterocycles. The zero-order valence-electron chi connectivity index (χ0n) is 10.8. The van der Waals surface area contributed by atoms with E-state index < -0.39 is 6.17 Å². The van der Waals surface area contributed by atoms with Gasteiger partial charge in [-0.05, 0) is 6.92 Å². The molecule has 0 saturated carbocycles. The van der Waals surface area contributed by atoms with Crippen LogP contribution >= 0.6 is 0 Å². The first-order chi connectivity index (χ1) is 8.41. The third-order valence-corrected chi connectivity index (χ3v) is 3.49. The maximum atomic E-state index is 12.0. The summed E-state index contributed by atoms with van der Waals surface area (Å²) in [4.78, 5) is 39.5. The summed E-state index contributed by atoms with van der Waals surface area (Å²) in [5.41, 5.74) is 0. The normalized spacial score (nSPS) is 31.2. The summed E-state index contributed by atoms with van der Waals surface area (Å²) >= 11 is 0. The van der Waals surface area contributed by atoms with Crippen LogP contribution in [0, 0.1) is 0 Å². The van der Waals surface area contributed by atoms with Crippen LogP contribution in [0.25, 0.3) is 0 Å². The van der Waals surface area contributed by atoms with Crippen molar-refractivity contribution in [3.05, 3.63) is 0 Å². The van der Waals surface area contributed by atoms with Crippen molar-refractivity contribution in [2.45, 2.75) is 19.1 Å². The average molecular weight is 253 g/mol. The Kier molecular flexibility index (Phi) is 3.36. The van der Waals surface area contributed by atoms with Crippen molar-refractivity contribution in [1.82, 2.24) is 20.0 Å². The molecule has 2 unspecified atom stereocenters. The number of carbonyl (C=O) groups excluding carboxylic acids is 3. The summed E-state index contributed by atoms with van der Waals surface area (Å²) in [6, 6.07) is 0.0482. The lowest BCUT2D eigenvalue weighted by molar-refractivity contribution is -0.155. The van der Waals surface area contributed by atoms with Crippen LogP contribution in [0.1, 0.15) is 6.92 Å². The molecule has 99 valence electrons. The van der Waals surface area contributed by atoms with Crippen LogP contribution in [0.3, 0.4) is 0 Å². The molecule has 2 atom stereocenters. The van der Waals surface area contributed by atoms with Crippen molar-refractivity contribution in [3.63, 3.8) is 0 Å². The van der Waals surface area contributed by atoms with Crippen LogP contribution in [0.4, 0.5) is 0 Å². The van der Waals surface area contributed by atoms with Crippen LogP contribution in [0.2, 0.25) is 0 Å². The van der Waals surface area contributed by atoms with Crippen molar-refractivity contribution in [1.29, 1.82) is 0 Å². The Balaban J connectivity index is 2.14. The van der Waals surface area contributed by atoms with E-state index in [-0.39, 0.29) is 36.9 Å². The van der Waals surface area contributed by atoms with Gasteiger partial charge in [-0.2, -0.15) is 0 Å². The molecular formula is C11H17N4O3. The van der Waals surface area contributed by atoms with E-state index in [0.29, 0.717) is 6.54 Å². The van der Waals surface area contributed by atoms with E-state index in [9.17, 15) is 14.4 Å². The van der Waals surface area contributed by atoms with E-state index in [1.165, 1.54) is 7.05 Å². The third-order valence-electron chi connectivity index (χ3n) is 3.49. The van der Waals surface area contributed by atoms with Crippen LogP contribution in [0.5, 0.6) is 0 Å². The monoisotopic (exact) mass is 253 g/mol. The number of piperazine rings is 2. The van der Waals surface area contributed by atoms with E-state index in [2.05, 4.69) is 5.32 Å². The fourth-order valence-electron chi connectivity index (χ4n) is 2.25. The summed E-state index contributed by atoms with van der Waals surface area (Å²) in [5.74, 6) is -0.685. The van der Waals surface area contributed by atoms with Crippen LogP contribution < -0.4 is 5.32 Å². The molecule has 0 aliphatic carbocycles. The van der Waals surface area contributed by atoms with E-state index in [1.807, 2.05) is 6.92 Å².